The number of rotatable bonds is 10. The average Bonchev–Trinajstić information content (AvgIpc) is 2.72. The molecule has 0 atom stereocenters. The van der Waals surface area contributed by atoms with Gasteiger partial charge in [-0.25, -0.2) is 0 Å². The first-order chi connectivity index (χ1) is 14.0. The van der Waals surface area contributed by atoms with E-state index in [1.807, 2.05) is 26.0 Å². The van der Waals surface area contributed by atoms with Gasteiger partial charge < -0.3 is 24.8 Å². The minimum atomic E-state index is -0.217. The molecule has 0 aliphatic rings. The zero-order valence-corrected chi connectivity index (χ0v) is 17.3. The molecule has 29 heavy (non-hydrogen) atoms. The molecule has 2 N–H and O–H groups in total. The van der Waals surface area contributed by atoms with Crippen molar-refractivity contribution in [1.29, 1.82) is 0 Å². The zero-order chi connectivity index (χ0) is 21.2. The zero-order valence-electron chi connectivity index (χ0n) is 17.3. The van der Waals surface area contributed by atoms with E-state index in [1.165, 1.54) is 0 Å². The lowest BCUT2D eigenvalue weighted by Gasteiger charge is -2.14. The highest BCUT2D eigenvalue weighted by atomic mass is 16.5. The van der Waals surface area contributed by atoms with Gasteiger partial charge in [-0.1, -0.05) is 12.1 Å². The Hall–Kier alpha value is -3.22. The second-order valence-electron chi connectivity index (χ2n) is 6.36. The molecule has 2 aromatic carbocycles. The van der Waals surface area contributed by atoms with Crippen molar-refractivity contribution in [3.8, 4) is 17.2 Å². The van der Waals surface area contributed by atoms with Crippen LogP contribution in [0.1, 0.15) is 35.7 Å². The number of carbonyl (C=O) groups is 2. The molecular weight excluding hydrogens is 372 g/mol. The van der Waals surface area contributed by atoms with E-state index in [2.05, 4.69) is 10.6 Å². The topological polar surface area (TPSA) is 85.9 Å². The van der Waals surface area contributed by atoms with Gasteiger partial charge in [-0.3, -0.25) is 9.59 Å². The first-order valence-electron chi connectivity index (χ1n) is 9.52. The number of methoxy groups -OCH3 is 2. The summed E-state index contributed by atoms with van der Waals surface area (Å²) in [5.41, 5.74) is 2.03. The SMILES string of the molecule is CCOc1ccccc1C(=O)NCCCC(=O)Nc1cc(OC)c(OC)cc1C. The van der Waals surface area contributed by atoms with Crippen LogP contribution in [0, 0.1) is 6.92 Å². The molecular formula is C22H28N2O5. The van der Waals surface area contributed by atoms with Crippen LogP contribution in [-0.4, -0.2) is 39.2 Å². The lowest BCUT2D eigenvalue weighted by atomic mass is 10.1. The predicted molar refractivity (Wildman–Crippen MR) is 112 cm³/mol. The number of hydrogen-bond donors (Lipinski definition) is 2. The van der Waals surface area contributed by atoms with Gasteiger partial charge in [-0.2, -0.15) is 0 Å². The fraction of sp³-hybridized carbons (Fsp3) is 0.364. The van der Waals surface area contributed by atoms with E-state index in [0.29, 0.717) is 48.1 Å². The van der Waals surface area contributed by atoms with Crippen molar-refractivity contribution >= 4 is 17.5 Å². The normalized spacial score (nSPS) is 10.2. The molecule has 2 aromatic rings. The second-order valence-corrected chi connectivity index (χ2v) is 6.36. The predicted octanol–water partition coefficient (Wildman–Crippen LogP) is 3.56. The monoisotopic (exact) mass is 400 g/mol. The van der Waals surface area contributed by atoms with Crippen molar-refractivity contribution in [2.24, 2.45) is 0 Å². The molecule has 2 rings (SSSR count). The quantitative estimate of drug-likeness (QED) is 0.596. The lowest BCUT2D eigenvalue weighted by Crippen LogP contribution is -2.26. The summed E-state index contributed by atoms with van der Waals surface area (Å²) in [5.74, 6) is 1.36. The van der Waals surface area contributed by atoms with Gasteiger partial charge >= 0.3 is 0 Å². The third kappa shape index (κ3) is 6.14. The van der Waals surface area contributed by atoms with Crippen LogP contribution in [-0.2, 0) is 4.79 Å². The van der Waals surface area contributed by atoms with Crippen molar-refractivity contribution < 1.29 is 23.8 Å². The van der Waals surface area contributed by atoms with Gasteiger partial charge in [-0.05, 0) is 44.0 Å². The van der Waals surface area contributed by atoms with Gasteiger partial charge in [0.1, 0.15) is 5.75 Å². The third-order valence-electron chi connectivity index (χ3n) is 4.30. The molecule has 156 valence electrons. The minimum absolute atomic E-state index is 0.135. The van der Waals surface area contributed by atoms with Gasteiger partial charge in [0.05, 0.1) is 26.4 Å². The fourth-order valence-corrected chi connectivity index (χ4v) is 2.81. The molecule has 7 nitrogen and oxygen atoms in total. The number of ether oxygens (including phenoxy) is 3. The van der Waals surface area contributed by atoms with Crippen molar-refractivity contribution in [2.75, 3.05) is 32.7 Å². The average molecular weight is 400 g/mol. The fourth-order valence-electron chi connectivity index (χ4n) is 2.81. The van der Waals surface area contributed by atoms with E-state index < -0.39 is 0 Å². The van der Waals surface area contributed by atoms with E-state index in [1.54, 1.807) is 38.5 Å². The van der Waals surface area contributed by atoms with Gasteiger partial charge in [0.2, 0.25) is 5.91 Å². The van der Waals surface area contributed by atoms with Crippen molar-refractivity contribution in [2.45, 2.75) is 26.7 Å². The summed E-state index contributed by atoms with van der Waals surface area (Å²) in [4.78, 5) is 24.6. The van der Waals surface area contributed by atoms with Crippen LogP contribution in [0.25, 0.3) is 0 Å². The van der Waals surface area contributed by atoms with Gasteiger partial charge in [0.15, 0.2) is 11.5 Å². The van der Waals surface area contributed by atoms with Crippen LogP contribution in [0.5, 0.6) is 17.2 Å². The molecule has 0 bridgehead atoms. The molecule has 0 spiro atoms. The number of nitrogens with one attached hydrogen (secondary N) is 2. The summed E-state index contributed by atoms with van der Waals surface area (Å²) in [6.07, 6.45) is 0.794. The summed E-state index contributed by atoms with van der Waals surface area (Å²) in [6, 6.07) is 10.6. The van der Waals surface area contributed by atoms with E-state index in [9.17, 15) is 9.59 Å². The highest BCUT2D eigenvalue weighted by molar-refractivity contribution is 5.97. The van der Waals surface area contributed by atoms with Crippen molar-refractivity contribution in [3.63, 3.8) is 0 Å². The second kappa shape index (κ2) is 10.9. The maximum absolute atomic E-state index is 12.3. The van der Waals surface area contributed by atoms with E-state index in [4.69, 9.17) is 14.2 Å². The summed E-state index contributed by atoms with van der Waals surface area (Å²) < 4.78 is 16.0. The number of anilines is 1. The van der Waals surface area contributed by atoms with Gasteiger partial charge in [-0.15, -0.1) is 0 Å². The van der Waals surface area contributed by atoms with Crippen LogP contribution < -0.4 is 24.8 Å². The van der Waals surface area contributed by atoms with Crippen molar-refractivity contribution in [1.82, 2.24) is 5.32 Å². The molecule has 0 saturated heterocycles. The van der Waals surface area contributed by atoms with Crippen molar-refractivity contribution in [3.05, 3.63) is 47.5 Å². The van der Waals surface area contributed by atoms with Crippen LogP contribution in [0.2, 0.25) is 0 Å². The lowest BCUT2D eigenvalue weighted by molar-refractivity contribution is -0.116. The molecule has 0 aliphatic heterocycles. The molecule has 0 radical (unpaired) electrons. The number of carbonyl (C=O) groups excluding carboxylic acids is 2. The maximum Gasteiger partial charge on any atom is 0.255 e. The summed E-state index contributed by atoms with van der Waals surface area (Å²) in [7, 11) is 3.11. The number of hydrogen-bond acceptors (Lipinski definition) is 5. The summed E-state index contributed by atoms with van der Waals surface area (Å²) >= 11 is 0. The Morgan fingerprint density at radius 1 is 1.00 bits per heavy atom. The molecule has 2 amide bonds. The summed E-state index contributed by atoms with van der Waals surface area (Å²) in [5, 5.41) is 5.70. The third-order valence-corrected chi connectivity index (χ3v) is 4.30. The Labute approximate surface area is 171 Å². The Bertz CT molecular complexity index is 851. The Kier molecular flexibility index (Phi) is 8.33. The molecule has 7 heteroatoms. The highest BCUT2D eigenvalue weighted by Gasteiger charge is 2.13. The smallest absolute Gasteiger partial charge is 0.255 e. The van der Waals surface area contributed by atoms with E-state index in [-0.39, 0.29) is 18.2 Å². The van der Waals surface area contributed by atoms with Crippen LogP contribution in [0.3, 0.4) is 0 Å². The van der Waals surface area contributed by atoms with Gasteiger partial charge in [0, 0.05) is 24.7 Å². The van der Waals surface area contributed by atoms with E-state index >= 15 is 0 Å². The van der Waals surface area contributed by atoms with Crippen LogP contribution >= 0.6 is 0 Å². The Morgan fingerprint density at radius 3 is 2.38 bits per heavy atom. The number of aryl methyl sites for hydroxylation is 1. The standard InChI is InChI=1S/C22H28N2O5/c1-5-29-18-10-7-6-9-16(18)22(26)23-12-8-11-21(25)24-17-14-20(28-4)19(27-3)13-15(17)2/h6-7,9-10,13-14H,5,8,11-12H2,1-4H3,(H,23,26)(H,24,25). The molecule has 0 fully saturated rings. The molecule has 0 aromatic heterocycles. The highest BCUT2D eigenvalue weighted by Crippen LogP contribution is 2.32. The number of amides is 2. The van der Waals surface area contributed by atoms with Crippen LogP contribution in [0.4, 0.5) is 5.69 Å². The minimum Gasteiger partial charge on any atom is -0.493 e. The van der Waals surface area contributed by atoms with E-state index in [0.717, 1.165) is 5.56 Å². The van der Waals surface area contributed by atoms with Crippen LogP contribution in [0.15, 0.2) is 36.4 Å². The van der Waals surface area contributed by atoms with Gasteiger partial charge in [0.25, 0.3) is 5.91 Å². The molecule has 0 unspecified atom stereocenters. The number of benzene rings is 2. The molecule has 0 heterocycles. The first-order valence-corrected chi connectivity index (χ1v) is 9.52. The maximum atomic E-state index is 12.3. The number of para-hydroxylation sites is 1. The largest absolute Gasteiger partial charge is 0.493 e. The summed E-state index contributed by atoms with van der Waals surface area (Å²) in [6.45, 7) is 4.62. The molecule has 0 aliphatic carbocycles. The molecule has 0 saturated carbocycles. The first kappa shape index (κ1) is 22.1. The Balaban J connectivity index is 1.84. The Morgan fingerprint density at radius 2 is 1.69 bits per heavy atom.